The van der Waals surface area contributed by atoms with E-state index in [1.165, 1.54) is 0 Å². The highest BCUT2D eigenvalue weighted by atomic mass is 35.5. The fourth-order valence-electron chi connectivity index (χ4n) is 5.23. The van der Waals surface area contributed by atoms with Gasteiger partial charge in [0.05, 0.1) is 33.9 Å². The molecule has 2 aliphatic heterocycles. The zero-order chi connectivity index (χ0) is 30.4. The molecule has 1 amide bonds. The fourth-order valence-corrected chi connectivity index (χ4v) is 6.30. The largest absolute Gasteiger partial charge is 0.489 e. The van der Waals surface area contributed by atoms with Crippen LogP contribution in [0.15, 0.2) is 55.1 Å². The first kappa shape index (κ1) is 32.2. The summed E-state index contributed by atoms with van der Waals surface area (Å²) in [5.74, 6) is 0.0881. The zero-order valence-corrected chi connectivity index (χ0v) is 26.3. The summed E-state index contributed by atoms with van der Waals surface area (Å²) in [5, 5.41) is 0.603. The van der Waals surface area contributed by atoms with Crippen molar-refractivity contribution in [3.63, 3.8) is 0 Å². The summed E-state index contributed by atoms with van der Waals surface area (Å²) < 4.78 is 33.7. The maximum Gasteiger partial charge on any atom is 0.338 e. The lowest BCUT2D eigenvalue weighted by molar-refractivity contribution is -0.146. The van der Waals surface area contributed by atoms with Crippen LogP contribution in [-0.4, -0.2) is 64.2 Å². The number of carbonyl (C=O) groups is 2. The third-order valence-electron chi connectivity index (χ3n) is 7.64. The Balaban J connectivity index is 1.49. The number of ether oxygens (including phenoxy) is 3. The molecule has 2 fully saturated rings. The number of hydrogen-bond donors (Lipinski definition) is 1. The first-order valence-electron chi connectivity index (χ1n) is 14.4. The fraction of sp³-hybridized carbons (Fsp3) is 0.500. The molecule has 2 aromatic rings. The predicted molar refractivity (Wildman–Crippen MR) is 165 cm³/mol. The molecule has 1 N–H and O–H groups in total. The van der Waals surface area contributed by atoms with Crippen molar-refractivity contribution in [3.05, 3.63) is 76.8 Å². The third-order valence-corrected chi connectivity index (χ3v) is 9.63. The number of aryl methyl sites for hydroxylation is 1. The van der Waals surface area contributed by atoms with Crippen molar-refractivity contribution in [1.82, 2.24) is 9.62 Å². The second-order valence-corrected chi connectivity index (χ2v) is 14.2. The van der Waals surface area contributed by atoms with Crippen LogP contribution in [0.4, 0.5) is 0 Å². The van der Waals surface area contributed by atoms with Crippen LogP contribution in [0.5, 0.6) is 5.75 Å². The van der Waals surface area contributed by atoms with E-state index in [9.17, 15) is 13.8 Å². The number of hydrogen-bond acceptors (Lipinski definition) is 6. The van der Waals surface area contributed by atoms with Gasteiger partial charge in [-0.1, -0.05) is 42.5 Å². The smallest absolute Gasteiger partial charge is 0.338 e. The Labute approximate surface area is 256 Å². The molecule has 0 aliphatic carbocycles. The first-order chi connectivity index (χ1) is 20.0. The number of benzene rings is 2. The minimum atomic E-state index is -1.36. The van der Waals surface area contributed by atoms with E-state index in [2.05, 4.69) is 11.3 Å². The van der Waals surface area contributed by atoms with E-state index in [1.54, 1.807) is 35.2 Å². The van der Waals surface area contributed by atoms with E-state index >= 15 is 0 Å². The number of piperidine rings is 1. The van der Waals surface area contributed by atoms with Crippen LogP contribution in [-0.2, 0) is 25.3 Å². The summed E-state index contributed by atoms with van der Waals surface area (Å²) >= 11 is 6.57. The monoisotopic (exact) mass is 616 g/mol. The van der Waals surface area contributed by atoms with Gasteiger partial charge in [-0.3, -0.25) is 4.79 Å². The first-order valence-corrected chi connectivity index (χ1v) is 15.9. The molecule has 0 radical (unpaired) electrons. The molecule has 0 bridgehead atoms. The quantitative estimate of drug-likeness (QED) is 0.278. The molecule has 2 aliphatic rings. The highest BCUT2D eigenvalue weighted by molar-refractivity contribution is 7.84. The van der Waals surface area contributed by atoms with Gasteiger partial charge in [-0.2, -0.15) is 0 Å². The van der Waals surface area contributed by atoms with Crippen LogP contribution in [0, 0.1) is 12.8 Å². The minimum absolute atomic E-state index is 0.0569. The van der Waals surface area contributed by atoms with Gasteiger partial charge >= 0.3 is 5.97 Å². The number of carbonyl (C=O) groups excluding carboxylic acids is 2. The van der Waals surface area contributed by atoms with Crippen molar-refractivity contribution in [2.24, 2.45) is 5.92 Å². The summed E-state index contributed by atoms with van der Waals surface area (Å²) in [6, 6.07) is 12.2. The molecule has 0 saturated carbocycles. The molecule has 2 saturated heterocycles. The highest BCUT2D eigenvalue weighted by Crippen LogP contribution is 2.39. The Hall–Kier alpha value is -2.72. The lowest BCUT2D eigenvalue weighted by Crippen LogP contribution is -2.49. The Morgan fingerprint density at radius 1 is 1.19 bits per heavy atom. The average molecular weight is 617 g/mol. The van der Waals surface area contributed by atoms with Gasteiger partial charge in [0, 0.05) is 30.1 Å². The second-order valence-electron chi connectivity index (χ2n) is 11.8. The van der Waals surface area contributed by atoms with Gasteiger partial charge in [0.15, 0.2) is 6.10 Å². The molecule has 42 heavy (non-hydrogen) atoms. The standard InChI is InChI=1S/C32H41ClN2O6S/c1-6-17-39-27-19-21(2)25(33)20-24(27)28(34-42(38)32(3,4)5)22-12-15-35(16-13-22)30(36)29-26(14-18-40-29)41-31(37)23-10-8-7-9-11-23/h6-11,19-20,22,26,28-29,34H,1,12-18H2,2-5H3/t26-,28+,29+,42-/m0/s1. The van der Waals surface area contributed by atoms with Crippen molar-refractivity contribution in [2.45, 2.75) is 70.0 Å². The van der Waals surface area contributed by atoms with Crippen molar-refractivity contribution in [1.29, 1.82) is 0 Å². The molecule has 0 spiro atoms. The van der Waals surface area contributed by atoms with Gasteiger partial charge in [0.2, 0.25) is 0 Å². The number of nitrogens with zero attached hydrogens (tertiary/aromatic N) is 1. The maximum atomic E-state index is 13.5. The number of amides is 1. The molecule has 0 unspecified atom stereocenters. The summed E-state index contributed by atoms with van der Waals surface area (Å²) in [6.45, 7) is 13.1. The summed E-state index contributed by atoms with van der Waals surface area (Å²) in [7, 11) is -1.36. The zero-order valence-electron chi connectivity index (χ0n) is 24.8. The van der Waals surface area contributed by atoms with Gasteiger partial charge in [-0.25, -0.2) is 13.7 Å². The van der Waals surface area contributed by atoms with Crippen molar-refractivity contribution in [3.8, 4) is 5.75 Å². The normalized spacial score (nSPS) is 21.0. The van der Waals surface area contributed by atoms with E-state index in [1.807, 2.05) is 45.9 Å². The number of esters is 1. The van der Waals surface area contributed by atoms with Crippen LogP contribution in [0.25, 0.3) is 0 Å². The van der Waals surface area contributed by atoms with Crippen LogP contribution < -0.4 is 9.46 Å². The summed E-state index contributed by atoms with van der Waals surface area (Å²) in [6.07, 6.45) is 2.02. The third kappa shape index (κ3) is 7.81. The van der Waals surface area contributed by atoms with E-state index in [0.29, 0.717) is 61.9 Å². The molecule has 4 rings (SSSR count). The maximum absolute atomic E-state index is 13.5. The Kier molecular flexibility index (Phi) is 10.9. The van der Waals surface area contributed by atoms with Crippen LogP contribution in [0.1, 0.15) is 67.6 Å². The molecule has 4 atom stereocenters. The van der Waals surface area contributed by atoms with Gasteiger partial charge in [-0.15, -0.1) is 0 Å². The van der Waals surface area contributed by atoms with Gasteiger partial charge in [0.25, 0.3) is 5.91 Å². The van der Waals surface area contributed by atoms with Gasteiger partial charge in [0.1, 0.15) is 18.5 Å². The second kappa shape index (κ2) is 14.2. The minimum Gasteiger partial charge on any atom is -0.489 e. The number of halogens is 1. The SMILES string of the molecule is C=CCOc1cc(C)c(Cl)cc1[C@H](N[S@@](=O)C(C)(C)C)C1CCN(C(=O)[C@@H]2OCC[C@@H]2OC(=O)c2ccccc2)CC1. The predicted octanol–water partition coefficient (Wildman–Crippen LogP) is 5.56. The number of likely N-dealkylation sites (tertiary alicyclic amines) is 1. The summed E-state index contributed by atoms with van der Waals surface area (Å²) in [4.78, 5) is 28.0. The van der Waals surface area contributed by atoms with E-state index in [-0.39, 0.29) is 17.9 Å². The Bertz CT molecular complexity index is 1290. The number of nitrogens with one attached hydrogen (secondary N) is 1. The van der Waals surface area contributed by atoms with Gasteiger partial charge in [-0.05, 0) is 76.3 Å². The molecular weight excluding hydrogens is 576 g/mol. The Morgan fingerprint density at radius 3 is 2.52 bits per heavy atom. The molecule has 228 valence electrons. The van der Waals surface area contributed by atoms with Crippen LogP contribution >= 0.6 is 11.6 Å². The lowest BCUT2D eigenvalue weighted by Gasteiger charge is -2.38. The molecular formula is C32H41ClN2O6S. The van der Waals surface area contributed by atoms with Crippen molar-refractivity contribution >= 4 is 34.5 Å². The van der Waals surface area contributed by atoms with E-state index in [4.69, 9.17) is 25.8 Å². The van der Waals surface area contributed by atoms with E-state index in [0.717, 1.165) is 11.1 Å². The molecule has 0 aromatic heterocycles. The van der Waals surface area contributed by atoms with Gasteiger partial charge < -0.3 is 19.1 Å². The molecule has 10 heteroatoms. The van der Waals surface area contributed by atoms with Crippen molar-refractivity contribution < 1.29 is 28.0 Å². The molecule has 2 heterocycles. The molecule has 2 aromatic carbocycles. The van der Waals surface area contributed by atoms with Crippen molar-refractivity contribution in [2.75, 3.05) is 26.3 Å². The Morgan fingerprint density at radius 2 is 1.88 bits per heavy atom. The van der Waals surface area contributed by atoms with Crippen LogP contribution in [0.3, 0.4) is 0 Å². The lowest BCUT2D eigenvalue weighted by atomic mass is 9.85. The average Bonchev–Trinajstić information content (AvgIpc) is 3.44. The van der Waals surface area contributed by atoms with E-state index < -0.39 is 33.9 Å². The highest BCUT2D eigenvalue weighted by Gasteiger charge is 2.41. The number of rotatable bonds is 10. The summed E-state index contributed by atoms with van der Waals surface area (Å²) in [5.41, 5.74) is 2.16. The molecule has 8 nitrogen and oxygen atoms in total. The van der Waals surface area contributed by atoms with Crippen LogP contribution in [0.2, 0.25) is 5.02 Å². The topological polar surface area (TPSA) is 94.2 Å².